The Kier molecular flexibility index (Phi) is 5.34. The molecular formula is C20H19NO3S2. The first-order chi connectivity index (χ1) is 12.4. The van der Waals surface area contributed by atoms with Gasteiger partial charge >= 0.3 is 0 Å². The summed E-state index contributed by atoms with van der Waals surface area (Å²) in [5.41, 5.74) is 3.89. The van der Waals surface area contributed by atoms with Gasteiger partial charge in [0.25, 0.3) is 5.91 Å². The van der Waals surface area contributed by atoms with Crippen LogP contribution in [0.1, 0.15) is 16.7 Å². The highest BCUT2D eigenvalue weighted by Gasteiger charge is 2.33. The zero-order valence-electron chi connectivity index (χ0n) is 15.0. The minimum Gasteiger partial charge on any atom is -0.497 e. The number of benzene rings is 2. The van der Waals surface area contributed by atoms with Crippen molar-refractivity contribution in [2.75, 3.05) is 19.1 Å². The molecule has 1 aliphatic rings. The molecule has 0 spiro atoms. The van der Waals surface area contributed by atoms with Gasteiger partial charge < -0.3 is 9.47 Å². The predicted octanol–water partition coefficient (Wildman–Crippen LogP) is 4.73. The molecule has 0 radical (unpaired) electrons. The van der Waals surface area contributed by atoms with Gasteiger partial charge in [-0.1, -0.05) is 30.0 Å². The number of hydrogen-bond donors (Lipinski definition) is 0. The third-order valence-electron chi connectivity index (χ3n) is 4.27. The van der Waals surface area contributed by atoms with Crippen LogP contribution in [0, 0.1) is 13.8 Å². The fourth-order valence-electron chi connectivity index (χ4n) is 2.63. The summed E-state index contributed by atoms with van der Waals surface area (Å²) in [6, 6.07) is 11.4. The molecule has 2 aromatic carbocycles. The number of rotatable bonds is 4. The van der Waals surface area contributed by atoms with Crippen molar-refractivity contribution in [3.8, 4) is 11.5 Å². The number of hydrogen-bond acceptors (Lipinski definition) is 5. The Bertz CT molecular complexity index is 921. The van der Waals surface area contributed by atoms with Crippen molar-refractivity contribution in [1.82, 2.24) is 0 Å². The van der Waals surface area contributed by atoms with Crippen molar-refractivity contribution in [2.45, 2.75) is 13.8 Å². The molecule has 0 unspecified atom stereocenters. The fraction of sp³-hybridized carbons (Fsp3) is 0.200. The van der Waals surface area contributed by atoms with E-state index in [1.165, 1.54) is 17.3 Å². The first-order valence-electron chi connectivity index (χ1n) is 8.02. The van der Waals surface area contributed by atoms with E-state index in [0.29, 0.717) is 20.7 Å². The number of ether oxygens (including phenoxy) is 2. The van der Waals surface area contributed by atoms with Crippen LogP contribution in [0.15, 0.2) is 41.3 Å². The van der Waals surface area contributed by atoms with E-state index in [4.69, 9.17) is 21.7 Å². The van der Waals surface area contributed by atoms with Gasteiger partial charge in [-0.05, 0) is 55.3 Å². The van der Waals surface area contributed by atoms with Gasteiger partial charge in [-0.15, -0.1) is 0 Å². The first-order valence-corrected chi connectivity index (χ1v) is 9.24. The molecule has 0 aliphatic carbocycles. The minimum absolute atomic E-state index is 0.124. The highest BCUT2D eigenvalue weighted by molar-refractivity contribution is 8.27. The quantitative estimate of drug-likeness (QED) is 0.562. The Morgan fingerprint density at radius 3 is 2.46 bits per heavy atom. The maximum Gasteiger partial charge on any atom is 0.270 e. The normalized spacial score (nSPS) is 15.7. The summed E-state index contributed by atoms with van der Waals surface area (Å²) in [5, 5.41) is 0. The van der Waals surface area contributed by atoms with Gasteiger partial charge in [0, 0.05) is 11.6 Å². The van der Waals surface area contributed by atoms with Gasteiger partial charge in [-0.25, -0.2) is 0 Å². The molecule has 0 aromatic heterocycles. The summed E-state index contributed by atoms with van der Waals surface area (Å²) in [4.78, 5) is 15.1. The third kappa shape index (κ3) is 3.48. The number of thiocarbonyl (C=S) groups is 1. The second kappa shape index (κ2) is 7.51. The lowest BCUT2D eigenvalue weighted by Gasteiger charge is -2.16. The van der Waals surface area contributed by atoms with Crippen molar-refractivity contribution in [3.63, 3.8) is 0 Å². The SMILES string of the molecule is COc1ccc(/C=C2\SC(=S)N(c3ccc(C)c(C)c3)C2=O)c(OC)c1. The summed E-state index contributed by atoms with van der Waals surface area (Å²) in [7, 11) is 3.19. The monoisotopic (exact) mass is 385 g/mol. The van der Waals surface area contributed by atoms with Crippen molar-refractivity contribution in [2.24, 2.45) is 0 Å². The average Bonchev–Trinajstić information content (AvgIpc) is 2.91. The Labute approximate surface area is 162 Å². The Morgan fingerprint density at radius 1 is 1.04 bits per heavy atom. The van der Waals surface area contributed by atoms with Gasteiger partial charge in [-0.3, -0.25) is 9.69 Å². The van der Waals surface area contributed by atoms with E-state index in [0.717, 1.165) is 16.8 Å². The highest BCUT2D eigenvalue weighted by atomic mass is 32.2. The molecule has 1 fully saturated rings. The molecule has 26 heavy (non-hydrogen) atoms. The van der Waals surface area contributed by atoms with Crippen LogP contribution >= 0.6 is 24.0 Å². The highest BCUT2D eigenvalue weighted by Crippen LogP contribution is 2.38. The van der Waals surface area contributed by atoms with Crippen molar-refractivity contribution >= 4 is 46.0 Å². The average molecular weight is 386 g/mol. The molecule has 0 N–H and O–H groups in total. The molecule has 4 nitrogen and oxygen atoms in total. The van der Waals surface area contributed by atoms with E-state index >= 15 is 0 Å². The predicted molar refractivity (Wildman–Crippen MR) is 111 cm³/mol. The van der Waals surface area contributed by atoms with E-state index in [1.54, 1.807) is 31.3 Å². The molecular weight excluding hydrogens is 366 g/mol. The number of nitrogens with zero attached hydrogens (tertiary/aromatic N) is 1. The molecule has 1 heterocycles. The molecule has 3 rings (SSSR count). The van der Waals surface area contributed by atoms with E-state index in [9.17, 15) is 4.79 Å². The smallest absolute Gasteiger partial charge is 0.270 e. The molecule has 1 amide bonds. The van der Waals surface area contributed by atoms with Crippen molar-refractivity contribution < 1.29 is 14.3 Å². The fourth-order valence-corrected chi connectivity index (χ4v) is 3.92. The largest absolute Gasteiger partial charge is 0.497 e. The Balaban J connectivity index is 1.96. The Hall–Kier alpha value is -2.31. The van der Waals surface area contributed by atoms with Crippen LogP contribution in [0.25, 0.3) is 6.08 Å². The van der Waals surface area contributed by atoms with Crippen LogP contribution in [0.4, 0.5) is 5.69 Å². The molecule has 0 saturated carbocycles. The number of carbonyl (C=O) groups is 1. The van der Waals surface area contributed by atoms with Gasteiger partial charge in [0.1, 0.15) is 11.5 Å². The maximum absolute atomic E-state index is 12.9. The van der Waals surface area contributed by atoms with Crippen molar-refractivity contribution in [3.05, 3.63) is 58.0 Å². The van der Waals surface area contributed by atoms with Crippen LogP contribution in [-0.4, -0.2) is 24.4 Å². The van der Waals surface area contributed by atoms with Gasteiger partial charge in [0.15, 0.2) is 4.32 Å². The number of thioether (sulfide) groups is 1. The number of amides is 1. The van der Waals surface area contributed by atoms with Gasteiger partial charge in [-0.2, -0.15) is 0 Å². The number of aryl methyl sites for hydroxylation is 2. The summed E-state index contributed by atoms with van der Waals surface area (Å²) in [6.07, 6.45) is 1.80. The minimum atomic E-state index is -0.124. The van der Waals surface area contributed by atoms with Gasteiger partial charge in [0.05, 0.1) is 24.8 Å². The molecule has 134 valence electrons. The summed E-state index contributed by atoms with van der Waals surface area (Å²) in [5.74, 6) is 1.21. The second-order valence-electron chi connectivity index (χ2n) is 5.89. The van der Waals surface area contributed by atoms with E-state index < -0.39 is 0 Å². The molecule has 1 saturated heterocycles. The van der Waals surface area contributed by atoms with E-state index in [2.05, 4.69) is 0 Å². The summed E-state index contributed by atoms with van der Waals surface area (Å²) < 4.78 is 11.1. The van der Waals surface area contributed by atoms with Crippen molar-refractivity contribution in [1.29, 1.82) is 0 Å². The topological polar surface area (TPSA) is 38.8 Å². The van der Waals surface area contributed by atoms with E-state index in [-0.39, 0.29) is 5.91 Å². The van der Waals surface area contributed by atoms with Crippen LogP contribution in [-0.2, 0) is 4.79 Å². The zero-order chi connectivity index (χ0) is 18.8. The lowest BCUT2D eigenvalue weighted by atomic mass is 10.1. The number of anilines is 1. The van der Waals surface area contributed by atoms with Crippen LogP contribution in [0.3, 0.4) is 0 Å². The molecule has 6 heteroatoms. The molecule has 2 aromatic rings. The van der Waals surface area contributed by atoms with Crippen LogP contribution in [0.5, 0.6) is 11.5 Å². The van der Waals surface area contributed by atoms with Crippen LogP contribution in [0.2, 0.25) is 0 Å². The standard InChI is InChI=1S/C20H19NO3S2/c1-12-5-7-15(9-13(12)2)21-19(22)18(26-20(21)25)10-14-6-8-16(23-3)11-17(14)24-4/h5-11H,1-4H3/b18-10-. The number of methoxy groups -OCH3 is 2. The second-order valence-corrected chi connectivity index (χ2v) is 7.57. The third-order valence-corrected chi connectivity index (χ3v) is 5.57. The lowest BCUT2D eigenvalue weighted by Crippen LogP contribution is -2.27. The molecule has 0 bridgehead atoms. The first kappa shape index (κ1) is 18.5. The van der Waals surface area contributed by atoms with Crippen LogP contribution < -0.4 is 14.4 Å². The summed E-state index contributed by atoms with van der Waals surface area (Å²) >= 11 is 6.74. The Morgan fingerprint density at radius 2 is 1.81 bits per heavy atom. The maximum atomic E-state index is 12.9. The zero-order valence-corrected chi connectivity index (χ0v) is 16.7. The molecule has 0 atom stereocenters. The summed E-state index contributed by atoms with van der Waals surface area (Å²) in [6.45, 7) is 4.06. The van der Waals surface area contributed by atoms with E-state index in [1.807, 2.05) is 44.2 Å². The lowest BCUT2D eigenvalue weighted by molar-refractivity contribution is -0.113. The molecule has 1 aliphatic heterocycles. The number of carbonyl (C=O) groups excluding carboxylic acids is 1. The van der Waals surface area contributed by atoms with Gasteiger partial charge in [0.2, 0.25) is 0 Å².